The number of aromatic nitrogens is 3. The van der Waals surface area contributed by atoms with E-state index in [0.29, 0.717) is 24.3 Å². The highest BCUT2D eigenvalue weighted by Gasteiger charge is 2.69. The van der Waals surface area contributed by atoms with Crippen LogP contribution >= 0.6 is 0 Å². The highest BCUT2D eigenvalue weighted by Crippen LogP contribution is 2.60. The van der Waals surface area contributed by atoms with Gasteiger partial charge in [0.1, 0.15) is 5.82 Å². The quantitative estimate of drug-likeness (QED) is 0.574. The molecule has 2 bridgehead atoms. The van der Waals surface area contributed by atoms with Gasteiger partial charge in [-0.15, -0.1) is 5.10 Å². The molecule has 196 valence electrons. The molecule has 3 aromatic rings. The number of rotatable bonds is 4. The molecule has 7 aliphatic rings. The lowest BCUT2D eigenvalue weighted by Crippen LogP contribution is -2.63. The van der Waals surface area contributed by atoms with E-state index < -0.39 is 5.60 Å². The minimum absolute atomic E-state index is 0.00612. The van der Waals surface area contributed by atoms with Crippen molar-refractivity contribution >= 4 is 17.4 Å². The van der Waals surface area contributed by atoms with E-state index in [2.05, 4.69) is 35.5 Å². The molecule has 0 radical (unpaired) electrons. The van der Waals surface area contributed by atoms with Gasteiger partial charge in [-0.1, -0.05) is 12.1 Å². The Morgan fingerprint density at radius 3 is 2.74 bits per heavy atom. The third-order valence-corrected chi connectivity index (χ3v) is 10.6. The van der Waals surface area contributed by atoms with Crippen molar-refractivity contribution in [2.45, 2.75) is 62.1 Å². The van der Waals surface area contributed by atoms with E-state index >= 15 is 0 Å². The van der Waals surface area contributed by atoms with E-state index in [-0.39, 0.29) is 28.8 Å². The van der Waals surface area contributed by atoms with E-state index in [0.717, 1.165) is 67.8 Å². The number of carbonyl (C=O) groups excluding carboxylic acids is 1. The molecule has 9 heteroatoms. The number of ether oxygens (including phenoxy) is 1. The van der Waals surface area contributed by atoms with Crippen LogP contribution in [0.25, 0.3) is 5.65 Å². The van der Waals surface area contributed by atoms with Gasteiger partial charge in [-0.05, 0) is 74.3 Å². The maximum absolute atomic E-state index is 13.9. The Kier molecular flexibility index (Phi) is 3.92. The Morgan fingerprint density at radius 2 is 2.03 bits per heavy atom. The molecule has 1 aromatic carbocycles. The van der Waals surface area contributed by atoms with Gasteiger partial charge < -0.3 is 19.9 Å². The molecule has 4 saturated heterocycles. The van der Waals surface area contributed by atoms with Crippen molar-refractivity contribution in [3.05, 3.63) is 59.3 Å². The first-order valence-electron chi connectivity index (χ1n) is 14.0. The van der Waals surface area contributed by atoms with Crippen LogP contribution in [-0.2, 0) is 10.3 Å². The predicted molar refractivity (Wildman–Crippen MR) is 137 cm³/mol. The number of nitrogens with zero attached hydrogens (tertiary/aromatic N) is 5. The number of anilines is 1. The molecule has 10 rings (SSSR count). The number of pyridine rings is 1. The first-order chi connectivity index (χ1) is 18.4. The zero-order valence-electron chi connectivity index (χ0n) is 21.5. The molecule has 1 N–H and O–H groups in total. The summed E-state index contributed by atoms with van der Waals surface area (Å²) in [6.07, 6.45) is 7.40. The van der Waals surface area contributed by atoms with Gasteiger partial charge in [0.2, 0.25) is 0 Å². The fourth-order valence-electron chi connectivity index (χ4n) is 8.28. The van der Waals surface area contributed by atoms with Crippen LogP contribution in [0.15, 0.2) is 36.5 Å². The topological polar surface area (TPSA) is 75.0 Å². The largest absolute Gasteiger partial charge is 0.369 e. The second kappa shape index (κ2) is 6.86. The number of amides is 2. The molecule has 3 saturated carbocycles. The van der Waals surface area contributed by atoms with Crippen molar-refractivity contribution < 1.29 is 13.9 Å². The van der Waals surface area contributed by atoms with Gasteiger partial charge in [0.15, 0.2) is 17.1 Å². The van der Waals surface area contributed by atoms with Gasteiger partial charge in [-0.25, -0.2) is 18.7 Å². The SMILES string of the molecule is Cc1cc(N2CC3(CCC3c3cccc(F)c3)C2)cn2nc(C34CC(CO3)C4N3CC4(CC4)NC3=O)nc12. The number of halogens is 1. The molecular formula is C29H31FN6O2. The van der Waals surface area contributed by atoms with Gasteiger partial charge in [0, 0.05) is 31.0 Å². The van der Waals surface area contributed by atoms with Crippen LogP contribution in [0.3, 0.4) is 0 Å². The van der Waals surface area contributed by atoms with Crippen molar-refractivity contribution in [3.63, 3.8) is 0 Å². The Labute approximate surface area is 220 Å². The second-order valence-corrected chi connectivity index (χ2v) is 12.9. The van der Waals surface area contributed by atoms with Crippen molar-refractivity contribution in [2.24, 2.45) is 11.3 Å². The number of aryl methyl sites for hydroxylation is 1. The van der Waals surface area contributed by atoms with Crippen molar-refractivity contribution in [1.29, 1.82) is 0 Å². The summed E-state index contributed by atoms with van der Waals surface area (Å²) in [5, 5.41) is 8.17. The van der Waals surface area contributed by atoms with Crippen LogP contribution in [0.4, 0.5) is 14.9 Å². The summed E-state index contributed by atoms with van der Waals surface area (Å²) >= 11 is 0. The molecular weight excluding hydrogens is 483 g/mol. The van der Waals surface area contributed by atoms with Crippen LogP contribution in [-0.4, -0.2) is 63.4 Å². The van der Waals surface area contributed by atoms with Crippen LogP contribution in [0.2, 0.25) is 0 Å². The fraction of sp³-hybridized carbons (Fsp3) is 0.552. The first-order valence-corrected chi connectivity index (χ1v) is 14.0. The molecule has 7 fully saturated rings. The molecule has 2 spiro atoms. The standard InChI is InChI=1S/C29H31FN6O2/c1-17-9-21(34-14-27(15-34)6-5-22(27)18-3-2-4-20(30)10-18)12-36-24(17)31-25(33-36)29-11-19(13-38-29)23(29)35-16-28(7-8-28)32-26(35)37/h2-4,9-10,12,19,22-23H,5-8,11,13-16H2,1H3,(H,32,37). The molecule has 2 amide bonds. The van der Waals surface area contributed by atoms with Crippen molar-refractivity contribution in [3.8, 4) is 0 Å². The predicted octanol–water partition coefficient (Wildman–Crippen LogP) is 3.73. The zero-order chi connectivity index (χ0) is 25.4. The number of hydrogen-bond donors (Lipinski definition) is 1. The molecule has 4 atom stereocenters. The molecule has 4 aliphatic heterocycles. The summed E-state index contributed by atoms with van der Waals surface area (Å²) in [6.45, 7) is 5.46. The Morgan fingerprint density at radius 1 is 1.16 bits per heavy atom. The van der Waals surface area contributed by atoms with Crippen LogP contribution in [0.5, 0.6) is 0 Å². The maximum atomic E-state index is 13.9. The third kappa shape index (κ3) is 2.70. The van der Waals surface area contributed by atoms with Crippen LogP contribution < -0.4 is 10.2 Å². The summed E-state index contributed by atoms with van der Waals surface area (Å²) in [5.74, 6) is 1.33. The Balaban J connectivity index is 0.990. The van der Waals surface area contributed by atoms with Crippen LogP contribution in [0, 0.1) is 24.1 Å². The van der Waals surface area contributed by atoms with E-state index in [1.54, 1.807) is 6.07 Å². The smallest absolute Gasteiger partial charge is 0.318 e. The molecule has 2 aromatic heterocycles. The van der Waals surface area contributed by atoms with Crippen LogP contribution in [0.1, 0.15) is 55.0 Å². The zero-order valence-corrected chi connectivity index (χ0v) is 21.5. The van der Waals surface area contributed by atoms with Gasteiger partial charge in [-0.2, -0.15) is 0 Å². The van der Waals surface area contributed by atoms with E-state index in [1.165, 1.54) is 12.5 Å². The minimum Gasteiger partial charge on any atom is -0.369 e. The average molecular weight is 515 g/mol. The Hall–Kier alpha value is -3.20. The lowest BCUT2D eigenvalue weighted by atomic mass is 9.53. The Bertz CT molecular complexity index is 1520. The monoisotopic (exact) mass is 514 g/mol. The van der Waals surface area contributed by atoms with Gasteiger partial charge in [0.25, 0.3) is 0 Å². The lowest BCUT2D eigenvalue weighted by Gasteiger charge is -2.61. The highest BCUT2D eigenvalue weighted by molar-refractivity contribution is 5.79. The van der Waals surface area contributed by atoms with Crippen molar-refractivity contribution in [1.82, 2.24) is 24.8 Å². The molecule has 4 unspecified atom stereocenters. The summed E-state index contributed by atoms with van der Waals surface area (Å²) in [6, 6.07) is 9.38. The number of carbonyl (C=O) groups is 1. The third-order valence-electron chi connectivity index (χ3n) is 10.6. The molecule has 3 aliphatic carbocycles. The number of urea groups is 1. The molecule has 8 nitrogen and oxygen atoms in total. The lowest BCUT2D eigenvalue weighted by molar-refractivity contribution is -0.0733. The van der Waals surface area contributed by atoms with E-state index in [4.69, 9.17) is 14.8 Å². The van der Waals surface area contributed by atoms with Crippen molar-refractivity contribution in [2.75, 3.05) is 31.1 Å². The van der Waals surface area contributed by atoms with Gasteiger partial charge in [0.05, 0.1) is 30.1 Å². The molecule has 6 heterocycles. The fourth-order valence-corrected chi connectivity index (χ4v) is 8.28. The van der Waals surface area contributed by atoms with Gasteiger partial charge >= 0.3 is 6.03 Å². The van der Waals surface area contributed by atoms with E-state index in [1.807, 2.05) is 15.5 Å². The van der Waals surface area contributed by atoms with Gasteiger partial charge in [-0.3, -0.25) is 0 Å². The highest BCUT2D eigenvalue weighted by atomic mass is 19.1. The average Bonchev–Trinajstić information content (AvgIpc) is 3.20. The molecule has 38 heavy (non-hydrogen) atoms. The summed E-state index contributed by atoms with van der Waals surface area (Å²) in [5.41, 5.74) is 3.83. The maximum Gasteiger partial charge on any atom is 0.318 e. The number of nitrogens with one attached hydrogen (secondary N) is 1. The first kappa shape index (κ1) is 21.7. The number of benzene rings is 1. The summed E-state index contributed by atoms with van der Waals surface area (Å²) < 4.78 is 22.1. The number of fused-ring (bicyclic) bond motifs is 2. The van der Waals surface area contributed by atoms with E-state index in [9.17, 15) is 9.18 Å². The normalized spacial score (nSPS) is 33.4. The summed E-state index contributed by atoms with van der Waals surface area (Å²) in [4.78, 5) is 22.2. The number of hydrogen-bond acceptors (Lipinski definition) is 5. The second-order valence-electron chi connectivity index (χ2n) is 12.9. The minimum atomic E-state index is -0.605. The summed E-state index contributed by atoms with van der Waals surface area (Å²) in [7, 11) is 0.